The number of nitrogens with one attached hydrogen (secondary N) is 1. The number of carbonyl (C=O) groups excluding carboxylic acids is 2. The van der Waals surface area contributed by atoms with Gasteiger partial charge in [0.2, 0.25) is 11.8 Å². The first-order valence-corrected chi connectivity index (χ1v) is 7.77. The molecular formula is C17H21N3O3. The van der Waals surface area contributed by atoms with E-state index in [0.717, 1.165) is 11.3 Å². The van der Waals surface area contributed by atoms with Gasteiger partial charge >= 0.3 is 0 Å². The molecule has 1 fully saturated rings. The third kappa shape index (κ3) is 3.53. The van der Waals surface area contributed by atoms with E-state index in [1.165, 1.54) is 0 Å². The third-order valence-corrected chi connectivity index (χ3v) is 4.21. The second-order valence-corrected chi connectivity index (χ2v) is 5.74. The van der Waals surface area contributed by atoms with Crippen molar-refractivity contribution in [1.82, 2.24) is 15.1 Å². The summed E-state index contributed by atoms with van der Waals surface area (Å²) in [6.45, 7) is 2.56. The number of hydrogen-bond donors (Lipinski definition) is 1. The summed E-state index contributed by atoms with van der Waals surface area (Å²) in [6.07, 6.45) is 3.79. The van der Waals surface area contributed by atoms with Crippen molar-refractivity contribution in [3.8, 4) is 5.75 Å². The number of amides is 2. The Morgan fingerprint density at radius 2 is 2.09 bits per heavy atom. The molecule has 0 unspecified atom stereocenters. The molecule has 1 N–H and O–H groups in total. The van der Waals surface area contributed by atoms with Crippen molar-refractivity contribution in [3.63, 3.8) is 0 Å². The summed E-state index contributed by atoms with van der Waals surface area (Å²) in [6, 6.07) is 7.40. The van der Waals surface area contributed by atoms with Crippen LogP contribution >= 0.6 is 0 Å². The maximum absolute atomic E-state index is 12.3. The topological polar surface area (TPSA) is 61.9 Å². The minimum Gasteiger partial charge on any atom is -0.497 e. The Balaban J connectivity index is 1.56. The summed E-state index contributed by atoms with van der Waals surface area (Å²) in [4.78, 5) is 28.1. The Labute approximate surface area is 135 Å². The molecule has 0 aromatic heterocycles. The van der Waals surface area contributed by atoms with E-state index in [0.29, 0.717) is 26.2 Å². The van der Waals surface area contributed by atoms with Crippen molar-refractivity contribution < 1.29 is 14.3 Å². The van der Waals surface area contributed by atoms with Gasteiger partial charge in [0.05, 0.1) is 13.7 Å². The molecule has 0 aliphatic carbocycles. The molecule has 0 saturated carbocycles. The normalized spacial score (nSPS) is 20.9. The smallest absolute Gasteiger partial charge is 0.244 e. The van der Waals surface area contributed by atoms with Crippen molar-refractivity contribution >= 4 is 11.8 Å². The lowest BCUT2D eigenvalue weighted by atomic mass is 10.1. The Kier molecular flexibility index (Phi) is 4.62. The lowest BCUT2D eigenvalue weighted by molar-refractivity contribution is -0.146. The Hall–Kier alpha value is -2.34. The summed E-state index contributed by atoms with van der Waals surface area (Å²) >= 11 is 0. The van der Waals surface area contributed by atoms with Crippen LogP contribution in [0.4, 0.5) is 0 Å². The first kappa shape index (κ1) is 15.6. The van der Waals surface area contributed by atoms with Crippen LogP contribution in [0.15, 0.2) is 36.4 Å². The van der Waals surface area contributed by atoms with Gasteiger partial charge in [-0.2, -0.15) is 0 Å². The Morgan fingerprint density at radius 1 is 1.30 bits per heavy atom. The molecule has 122 valence electrons. The van der Waals surface area contributed by atoms with Gasteiger partial charge in [0.25, 0.3) is 0 Å². The van der Waals surface area contributed by atoms with Crippen LogP contribution in [0.3, 0.4) is 0 Å². The number of piperazine rings is 1. The fraction of sp³-hybridized carbons (Fsp3) is 0.412. The van der Waals surface area contributed by atoms with E-state index in [2.05, 4.69) is 5.32 Å². The zero-order valence-electron chi connectivity index (χ0n) is 13.2. The number of carbonyl (C=O) groups is 2. The molecule has 1 atom stereocenters. The molecule has 0 bridgehead atoms. The molecule has 1 saturated heterocycles. The lowest BCUT2D eigenvalue weighted by Crippen LogP contribution is -2.55. The van der Waals surface area contributed by atoms with Crippen LogP contribution in [0, 0.1) is 0 Å². The minimum atomic E-state index is -0.282. The predicted octanol–water partition coefficient (Wildman–Crippen LogP) is 0.394. The molecule has 3 rings (SSSR count). The van der Waals surface area contributed by atoms with Gasteiger partial charge in [0, 0.05) is 26.2 Å². The number of methoxy groups -OCH3 is 1. The van der Waals surface area contributed by atoms with Gasteiger partial charge < -0.3 is 14.5 Å². The van der Waals surface area contributed by atoms with Crippen LogP contribution in [0.2, 0.25) is 0 Å². The van der Waals surface area contributed by atoms with E-state index in [9.17, 15) is 9.59 Å². The zero-order valence-corrected chi connectivity index (χ0v) is 13.2. The highest BCUT2D eigenvalue weighted by molar-refractivity contribution is 5.90. The van der Waals surface area contributed by atoms with Crippen LogP contribution in [0.25, 0.3) is 0 Å². The van der Waals surface area contributed by atoms with Gasteiger partial charge in [-0.05, 0) is 17.7 Å². The van der Waals surface area contributed by atoms with Crippen molar-refractivity contribution in [2.24, 2.45) is 0 Å². The molecular weight excluding hydrogens is 294 g/mol. The molecule has 0 spiro atoms. The number of ether oxygens (including phenoxy) is 1. The van der Waals surface area contributed by atoms with Gasteiger partial charge in [-0.15, -0.1) is 0 Å². The number of rotatable bonds is 4. The van der Waals surface area contributed by atoms with E-state index >= 15 is 0 Å². The number of hydrogen-bond acceptors (Lipinski definition) is 4. The van der Waals surface area contributed by atoms with Gasteiger partial charge in [-0.3, -0.25) is 14.9 Å². The fourth-order valence-corrected chi connectivity index (χ4v) is 2.85. The molecule has 2 amide bonds. The van der Waals surface area contributed by atoms with Gasteiger partial charge in [0.1, 0.15) is 11.8 Å². The number of benzene rings is 1. The largest absolute Gasteiger partial charge is 0.497 e. The zero-order chi connectivity index (χ0) is 16.2. The second-order valence-electron chi connectivity index (χ2n) is 5.74. The van der Waals surface area contributed by atoms with Crippen LogP contribution in [-0.4, -0.2) is 60.9 Å². The minimum absolute atomic E-state index is 0.0117. The lowest BCUT2D eigenvalue weighted by Gasteiger charge is -2.35. The van der Waals surface area contributed by atoms with Crippen LogP contribution in [0.1, 0.15) is 5.56 Å². The van der Waals surface area contributed by atoms with Gasteiger partial charge in [-0.25, -0.2) is 0 Å². The molecule has 1 aromatic rings. The monoisotopic (exact) mass is 315 g/mol. The van der Waals surface area contributed by atoms with Crippen LogP contribution < -0.4 is 10.1 Å². The summed E-state index contributed by atoms with van der Waals surface area (Å²) < 4.78 is 5.13. The highest BCUT2D eigenvalue weighted by atomic mass is 16.5. The van der Waals surface area contributed by atoms with Crippen LogP contribution in [0.5, 0.6) is 5.75 Å². The quantitative estimate of drug-likeness (QED) is 0.817. The van der Waals surface area contributed by atoms with E-state index < -0.39 is 0 Å². The van der Waals surface area contributed by atoms with Crippen molar-refractivity contribution in [2.75, 3.05) is 33.3 Å². The van der Waals surface area contributed by atoms with Crippen molar-refractivity contribution in [2.45, 2.75) is 12.6 Å². The molecule has 0 radical (unpaired) electrons. The highest BCUT2D eigenvalue weighted by Gasteiger charge is 2.30. The Bertz CT molecular complexity index is 612. The van der Waals surface area contributed by atoms with Gasteiger partial charge in [0.15, 0.2) is 0 Å². The van der Waals surface area contributed by atoms with Crippen LogP contribution in [-0.2, 0) is 16.1 Å². The fourth-order valence-electron chi connectivity index (χ4n) is 2.85. The molecule has 6 nitrogen and oxygen atoms in total. The average Bonchev–Trinajstić information content (AvgIpc) is 3.11. The molecule has 2 aliphatic heterocycles. The van der Waals surface area contributed by atoms with Crippen molar-refractivity contribution in [3.05, 3.63) is 42.0 Å². The summed E-state index contributed by atoms with van der Waals surface area (Å²) in [7, 11) is 1.63. The SMILES string of the molecule is COc1ccc(CN2CCN(C(=O)[C@@H]3C=CCN3)CC2=O)cc1. The van der Waals surface area contributed by atoms with E-state index in [4.69, 9.17) is 4.74 Å². The predicted molar refractivity (Wildman–Crippen MR) is 85.9 cm³/mol. The first-order chi connectivity index (χ1) is 11.2. The first-order valence-electron chi connectivity index (χ1n) is 7.77. The van der Waals surface area contributed by atoms with E-state index in [-0.39, 0.29) is 24.4 Å². The maximum Gasteiger partial charge on any atom is 0.244 e. The summed E-state index contributed by atoms with van der Waals surface area (Å²) in [5.41, 5.74) is 1.05. The van der Waals surface area contributed by atoms with E-state index in [1.807, 2.05) is 36.4 Å². The standard InChI is InChI=1S/C17H21N3O3/c1-23-14-6-4-13(5-7-14)11-19-9-10-20(12-16(19)21)17(22)15-3-2-8-18-15/h2-7,15,18H,8-12H2,1H3/t15-/m0/s1. The maximum atomic E-state index is 12.3. The van der Waals surface area contributed by atoms with E-state index in [1.54, 1.807) is 16.9 Å². The Morgan fingerprint density at radius 3 is 2.70 bits per heavy atom. The molecule has 1 aromatic carbocycles. The summed E-state index contributed by atoms with van der Waals surface area (Å²) in [5, 5.41) is 3.09. The average molecular weight is 315 g/mol. The molecule has 2 aliphatic rings. The summed E-state index contributed by atoms with van der Waals surface area (Å²) in [5.74, 6) is 0.770. The van der Waals surface area contributed by atoms with Gasteiger partial charge in [-0.1, -0.05) is 24.3 Å². The number of nitrogens with zero attached hydrogens (tertiary/aromatic N) is 2. The third-order valence-electron chi connectivity index (χ3n) is 4.21. The molecule has 6 heteroatoms. The second kappa shape index (κ2) is 6.83. The highest BCUT2D eigenvalue weighted by Crippen LogP contribution is 2.15. The molecule has 2 heterocycles. The molecule has 23 heavy (non-hydrogen) atoms. The van der Waals surface area contributed by atoms with Crippen molar-refractivity contribution in [1.29, 1.82) is 0 Å².